The highest BCUT2D eigenvalue weighted by molar-refractivity contribution is 7.08. The zero-order valence-corrected chi connectivity index (χ0v) is 14.7. The maximum absolute atomic E-state index is 12.7. The lowest BCUT2D eigenvalue weighted by molar-refractivity contribution is -0.116. The zero-order valence-electron chi connectivity index (χ0n) is 13.9. The van der Waals surface area contributed by atoms with E-state index in [1.807, 2.05) is 6.07 Å². The number of hydrogen-bond acceptors (Lipinski definition) is 3. The molecule has 3 heteroatoms. The summed E-state index contributed by atoms with van der Waals surface area (Å²) in [5, 5.41) is 4.27. The Labute approximate surface area is 147 Å². The van der Waals surface area contributed by atoms with Crippen molar-refractivity contribution in [2.45, 2.75) is 38.6 Å². The molecule has 2 nitrogen and oxygen atoms in total. The van der Waals surface area contributed by atoms with Crippen molar-refractivity contribution in [3.63, 3.8) is 0 Å². The van der Waals surface area contributed by atoms with E-state index in [4.69, 9.17) is 0 Å². The van der Waals surface area contributed by atoms with Gasteiger partial charge in [-0.15, -0.1) is 0 Å². The second-order valence-electron chi connectivity index (χ2n) is 6.55. The molecule has 1 unspecified atom stereocenters. The summed E-state index contributed by atoms with van der Waals surface area (Å²) in [5.41, 5.74) is 6.06. The van der Waals surface area contributed by atoms with Gasteiger partial charge in [-0.2, -0.15) is 11.3 Å². The van der Waals surface area contributed by atoms with E-state index < -0.39 is 0 Å². The van der Waals surface area contributed by atoms with Gasteiger partial charge in [-0.3, -0.25) is 4.79 Å². The number of Topliss-reactive ketones (excluding diaryl/α,β-unsaturated/α-hetero) is 1. The Kier molecular flexibility index (Phi) is 4.11. The fraction of sp³-hybridized carbons (Fsp3) is 0.286. The Bertz CT molecular complexity index is 802. The van der Waals surface area contributed by atoms with Crippen LogP contribution in [-0.4, -0.2) is 10.7 Å². The highest BCUT2D eigenvalue weighted by Crippen LogP contribution is 2.42. The molecule has 0 bridgehead atoms. The molecule has 0 saturated carbocycles. The first-order chi connectivity index (χ1) is 11.7. The van der Waals surface area contributed by atoms with E-state index in [0.717, 1.165) is 25.0 Å². The molecule has 1 atom stereocenters. The van der Waals surface area contributed by atoms with E-state index in [-0.39, 0.29) is 5.92 Å². The van der Waals surface area contributed by atoms with Crippen molar-refractivity contribution >= 4 is 17.1 Å². The van der Waals surface area contributed by atoms with Crippen molar-refractivity contribution in [3.8, 4) is 0 Å². The maximum atomic E-state index is 12.7. The van der Waals surface area contributed by atoms with Gasteiger partial charge in [0.15, 0.2) is 5.78 Å². The molecule has 2 heterocycles. The number of thiophene rings is 1. The molecule has 0 spiro atoms. The molecule has 1 aliphatic carbocycles. The van der Waals surface area contributed by atoms with Gasteiger partial charge >= 0.3 is 0 Å². The normalized spacial score (nSPS) is 20.9. The van der Waals surface area contributed by atoms with Crippen LogP contribution in [0.5, 0.6) is 0 Å². The predicted octanol–water partition coefficient (Wildman–Crippen LogP) is 5.26. The summed E-state index contributed by atoms with van der Waals surface area (Å²) in [6.45, 7) is 3.01. The first-order valence-electron chi connectivity index (χ1n) is 8.52. The highest BCUT2D eigenvalue weighted by atomic mass is 32.1. The van der Waals surface area contributed by atoms with Gasteiger partial charge in [0, 0.05) is 35.9 Å². The summed E-state index contributed by atoms with van der Waals surface area (Å²) in [4.78, 5) is 15.1. The van der Waals surface area contributed by atoms with Gasteiger partial charge in [0.1, 0.15) is 0 Å². The van der Waals surface area contributed by atoms with Crippen LogP contribution in [-0.2, 0) is 11.3 Å². The first kappa shape index (κ1) is 15.4. The summed E-state index contributed by atoms with van der Waals surface area (Å²) >= 11 is 1.70. The standard InChI is InChI=1S/C21H21NOS/c1-15-12-18(17-10-11-24-14-17)21-19(8-5-9-20(21)23)22(15)13-16-6-3-2-4-7-16/h2-4,6-7,10-12,14,18H,5,8-9,13H2,1H3. The van der Waals surface area contributed by atoms with E-state index in [2.05, 4.69) is 59.0 Å². The average Bonchev–Trinajstić information content (AvgIpc) is 3.13. The molecule has 0 fully saturated rings. The molecule has 2 aliphatic rings. The fourth-order valence-electron chi connectivity index (χ4n) is 3.81. The van der Waals surface area contributed by atoms with Crippen molar-refractivity contribution in [1.82, 2.24) is 4.90 Å². The molecule has 0 amide bonds. The lowest BCUT2D eigenvalue weighted by atomic mass is 9.79. The molecule has 2 aromatic rings. The number of allylic oxidation sites excluding steroid dienone is 4. The quantitative estimate of drug-likeness (QED) is 0.762. The second-order valence-corrected chi connectivity index (χ2v) is 7.33. The van der Waals surface area contributed by atoms with Crippen LogP contribution in [0.4, 0.5) is 0 Å². The van der Waals surface area contributed by atoms with Gasteiger partial charge < -0.3 is 4.90 Å². The largest absolute Gasteiger partial charge is 0.344 e. The third-order valence-corrected chi connectivity index (χ3v) is 5.69. The third kappa shape index (κ3) is 2.73. The van der Waals surface area contributed by atoms with Crippen LogP contribution in [0.3, 0.4) is 0 Å². The number of carbonyl (C=O) groups excluding carboxylic acids is 1. The van der Waals surface area contributed by atoms with Crippen LogP contribution in [0.1, 0.15) is 43.2 Å². The summed E-state index contributed by atoms with van der Waals surface area (Å²) in [5.74, 6) is 0.459. The molecular weight excluding hydrogens is 314 g/mol. The lowest BCUT2D eigenvalue weighted by Gasteiger charge is -2.38. The number of ketones is 1. The van der Waals surface area contributed by atoms with E-state index in [0.29, 0.717) is 12.2 Å². The minimum atomic E-state index is 0.131. The van der Waals surface area contributed by atoms with Crippen LogP contribution >= 0.6 is 11.3 Å². The second kappa shape index (κ2) is 6.40. The van der Waals surface area contributed by atoms with Crippen LogP contribution in [0, 0.1) is 0 Å². The number of carbonyl (C=O) groups is 1. The number of hydrogen-bond donors (Lipinski definition) is 0. The van der Waals surface area contributed by atoms with Crippen molar-refractivity contribution < 1.29 is 4.79 Å². The van der Waals surface area contributed by atoms with Crippen molar-refractivity contribution in [1.29, 1.82) is 0 Å². The molecule has 0 N–H and O–H groups in total. The number of benzene rings is 1. The van der Waals surface area contributed by atoms with Crippen molar-refractivity contribution in [3.05, 3.63) is 81.3 Å². The SMILES string of the molecule is CC1=CC(c2ccsc2)C2=C(CCCC2=O)N1Cc1ccccc1. The van der Waals surface area contributed by atoms with Gasteiger partial charge in [-0.25, -0.2) is 0 Å². The minimum Gasteiger partial charge on any atom is -0.344 e. The summed E-state index contributed by atoms with van der Waals surface area (Å²) in [7, 11) is 0. The van der Waals surface area contributed by atoms with E-state index in [1.54, 1.807) is 11.3 Å². The van der Waals surface area contributed by atoms with Crippen LogP contribution < -0.4 is 0 Å². The summed E-state index contributed by atoms with van der Waals surface area (Å²) in [6.07, 6.45) is 4.92. The summed E-state index contributed by atoms with van der Waals surface area (Å²) in [6, 6.07) is 12.7. The Morgan fingerprint density at radius 1 is 1.17 bits per heavy atom. The van der Waals surface area contributed by atoms with Crippen LogP contribution in [0.2, 0.25) is 0 Å². The van der Waals surface area contributed by atoms with E-state index in [1.165, 1.54) is 22.5 Å². The Balaban J connectivity index is 1.76. The third-order valence-electron chi connectivity index (χ3n) is 4.98. The summed E-state index contributed by atoms with van der Waals surface area (Å²) < 4.78 is 0. The predicted molar refractivity (Wildman–Crippen MR) is 98.7 cm³/mol. The van der Waals surface area contributed by atoms with Crippen LogP contribution in [0.25, 0.3) is 0 Å². The van der Waals surface area contributed by atoms with E-state index in [9.17, 15) is 4.79 Å². The molecule has 4 rings (SSSR count). The average molecular weight is 335 g/mol. The number of rotatable bonds is 3. The number of nitrogens with zero attached hydrogens (tertiary/aromatic N) is 1. The maximum Gasteiger partial charge on any atom is 0.161 e. The topological polar surface area (TPSA) is 20.3 Å². The molecule has 24 heavy (non-hydrogen) atoms. The lowest BCUT2D eigenvalue weighted by Crippen LogP contribution is -2.32. The van der Waals surface area contributed by atoms with Gasteiger partial charge in [-0.1, -0.05) is 36.4 Å². The highest BCUT2D eigenvalue weighted by Gasteiger charge is 2.34. The van der Waals surface area contributed by atoms with Gasteiger partial charge in [0.25, 0.3) is 0 Å². The molecule has 122 valence electrons. The van der Waals surface area contributed by atoms with Crippen molar-refractivity contribution in [2.24, 2.45) is 0 Å². The van der Waals surface area contributed by atoms with Gasteiger partial charge in [0.2, 0.25) is 0 Å². The minimum absolute atomic E-state index is 0.131. The molecule has 1 aliphatic heterocycles. The fourth-order valence-corrected chi connectivity index (χ4v) is 4.50. The van der Waals surface area contributed by atoms with Crippen LogP contribution in [0.15, 0.2) is 70.2 Å². The molecular formula is C21H21NOS. The van der Waals surface area contributed by atoms with Crippen molar-refractivity contribution in [2.75, 3.05) is 0 Å². The Morgan fingerprint density at radius 2 is 2.00 bits per heavy atom. The Morgan fingerprint density at radius 3 is 2.75 bits per heavy atom. The first-order valence-corrected chi connectivity index (χ1v) is 9.46. The monoisotopic (exact) mass is 335 g/mol. The molecule has 1 aromatic carbocycles. The Hall–Kier alpha value is -2.13. The van der Waals surface area contributed by atoms with Gasteiger partial charge in [-0.05, 0) is 47.7 Å². The molecule has 0 radical (unpaired) electrons. The molecule has 1 aromatic heterocycles. The molecule has 0 saturated heterocycles. The van der Waals surface area contributed by atoms with Gasteiger partial charge in [0.05, 0.1) is 0 Å². The van der Waals surface area contributed by atoms with E-state index >= 15 is 0 Å². The smallest absolute Gasteiger partial charge is 0.161 e. The zero-order chi connectivity index (χ0) is 16.5.